The third kappa shape index (κ3) is 4.80. The van der Waals surface area contributed by atoms with Crippen molar-refractivity contribution in [1.82, 2.24) is 9.78 Å². The molecular weight excluding hydrogens is 284 g/mol. The summed E-state index contributed by atoms with van der Waals surface area (Å²) < 4.78 is 17.6. The minimum absolute atomic E-state index is 0.182. The summed E-state index contributed by atoms with van der Waals surface area (Å²) in [6, 6.07) is 7.36. The van der Waals surface area contributed by atoms with Gasteiger partial charge in [-0.1, -0.05) is 6.92 Å². The lowest BCUT2D eigenvalue weighted by molar-refractivity contribution is 0.0450. The van der Waals surface area contributed by atoms with Crippen molar-refractivity contribution in [1.29, 1.82) is 0 Å². The minimum atomic E-state index is -0.403. The van der Waals surface area contributed by atoms with Crippen LogP contribution in [0.5, 0.6) is 11.5 Å². The largest absolute Gasteiger partial charge is 0.494 e. The molecule has 0 aliphatic rings. The predicted molar refractivity (Wildman–Crippen MR) is 81.2 cm³/mol. The summed E-state index contributed by atoms with van der Waals surface area (Å²) in [6.07, 6.45) is 4.05. The summed E-state index contributed by atoms with van der Waals surface area (Å²) in [6.45, 7) is 3.23. The molecule has 0 aliphatic heterocycles. The topological polar surface area (TPSA) is 62.6 Å². The van der Waals surface area contributed by atoms with Gasteiger partial charge in [-0.05, 0) is 30.7 Å². The number of hydrogen-bond donors (Lipinski definition) is 0. The quantitative estimate of drug-likeness (QED) is 0.554. The van der Waals surface area contributed by atoms with Gasteiger partial charge >= 0.3 is 5.97 Å². The Balaban J connectivity index is 1.69. The Morgan fingerprint density at radius 3 is 2.27 bits per heavy atom. The average Bonchev–Trinajstić information content (AvgIpc) is 2.97. The van der Waals surface area contributed by atoms with E-state index in [1.54, 1.807) is 17.9 Å². The van der Waals surface area contributed by atoms with E-state index in [1.165, 1.54) is 6.20 Å². The molecule has 6 nitrogen and oxygen atoms in total. The molecule has 0 saturated heterocycles. The first-order valence-electron chi connectivity index (χ1n) is 7.20. The van der Waals surface area contributed by atoms with Crippen molar-refractivity contribution in [2.75, 3.05) is 19.8 Å². The van der Waals surface area contributed by atoms with Crippen molar-refractivity contribution in [2.24, 2.45) is 7.05 Å². The standard InChI is InChI=1S/C16H20N2O4/c1-3-8-20-14-4-6-15(7-5-14)21-9-10-22-16(19)13-11-17-18(2)12-13/h4-7,11-12H,3,8-10H2,1-2H3. The number of hydrogen-bond acceptors (Lipinski definition) is 5. The fraction of sp³-hybridized carbons (Fsp3) is 0.375. The first-order chi connectivity index (χ1) is 10.7. The fourth-order valence-electron chi connectivity index (χ4n) is 1.76. The Hall–Kier alpha value is -2.50. The normalized spacial score (nSPS) is 10.3. The van der Waals surface area contributed by atoms with E-state index in [-0.39, 0.29) is 6.61 Å². The molecule has 2 aromatic rings. The van der Waals surface area contributed by atoms with E-state index in [9.17, 15) is 4.79 Å². The molecule has 0 N–H and O–H groups in total. The highest BCUT2D eigenvalue weighted by atomic mass is 16.6. The highest BCUT2D eigenvalue weighted by Gasteiger charge is 2.08. The summed E-state index contributed by atoms with van der Waals surface area (Å²) in [5, 5.41) is 3.92. The highest BCUT2D eigenvalue weighted by Crippen LogP contribution is 2.17. The highest BCUT2D eigenvalue weighted by molar-refractivity contribution is 5.88. The molecular formula is C16H20N2O4. The van der Waals surface area contributed by atoms with Crippen LogP contribution in [0.15, 0.2) is 36.7 Å². The second kappa shape index (κ2) is 8.07. The molecule has 0 spiro atoms. The van der Waals surface area contributed by atoms with Gasteiger partial charge < -0.3 is 14.2 Å². The van der Waals surface area contributed by atoms with Crippen molar-refractivity contribution in [2.45, 2.75) is 13.3 Å². The Morgan fingerprint density at radius 2 is 1.73 bits per heavy atom. The molecule has 0 bridgehead atoms. The van der Waals surface area contributed by atoms with Gasteiger partial charge in [0.2, 0.25) is 0 Å². The summed E-state index contributed by atoms with van der Waals surface area (Å²) in [5.74, 6) is 1.12. The van der Waals surface area contributed by atoms with Crippen LogP contribution in [0.2, 0.25) is 0 Å². The van der Waals surface area contributed by atoms with Crippen LogP contribution in [-0.4, -0.2) is 35.6 Å². The van der Waals surface area contributed by atoms with Crippen molar-refractivity contribution < 1.29 is 19.0 Å². The number of benzene rings is 1. The summed E-state index contributed by atoms with van der Waals surface area (Å²) in [7, 11) is 1.74. The minimum Gasteiger partial charge on any atom is -0.494 e. The van der Waals surface area contributed by atoms with Crippen molar-refractivity contribution in [3.8, 4) is 11.5 Å². The van der Waals surface area contributed by atoms with E-state index in [4.69, 9.17) is 14.2 Å². The van der Waals surface area contributed by atoms with Crippen LogP contribution in [0.25, 0.3) is 0 Å². The Labute approximate surface area is 129 Å². The second-order valence-corrected chi connectivity index (χ2v) is 4.71. The number of nitrogens with zero attached hydrogens (tertiary/aromatic N) is 2. The van der Waals surface area contributed by atoms with Crippen LogP contribution < -0.4 is 9.47 Å². The van der Waals surface area contributed by atoms with Crippen LogP contribution in [0.1, 0.15) is 23.7 Å². The van der Waals surface area contributed by atoms with Gasteiger partial charge in [-0.15, -0.1) is 0 Å². The Kier molecular flexibility index (Phi) is 5.82. The van der Waals surface area contributed by atoms with Crippen molar-refractivity contribution in [3.05, 3.63) is 42.2 Å². The van der Waals surface area contributed by atoms with Gasteiger partial charge in [-0.2, -0.15) is 5.10 Å². The van der Waals surface area contributed by atoms with Crippen LogP contribution in [0.3, 0.4) is 0 Å². The van der Waals surface area contributed by atoms with Gasteiger partial charge in [-0.3, -0.25) is 4.68 Å². The van der Waals surface area contributed by atoms with E-state index in [2.05, 4.69) is 12.0 Å². The molecule has 1 aromatic heterocycles. The monoisotopic (exact) mass is 304 g/mol. The fourth-order valence-corrected chi connectivity index (χ4v) is 1.76. The third-order valence-electron chi connectivity index (χ3n) is 2.82. The van der Waals surface area contributed by atoms with Gasteiger partial charge in [0.05, 0.1) is 18.4 Å². The summed E-state index contributed by atoms with van der Waals surface area (Å²) in [4.78, 5) is 11.7. The zero-order valence-electron chi connectivity index (χ0n) is 12.8. The number of rotatable bonds is 8. The number of esters is 1. The first-order valence-corrected chi connectivity index (χ1v) is 7.20. The zero-order valence-corrected chi connectivity index (χ0v) is 12.8. The lowest BCUT2D eigenvalue weighted by atomic mass is 10.3. The Morgan fingerprint density at radius 1 is 1.09 bits per heavy atom. The SMILES string of the molecule is CCCOc1ccc(OCCOC(=O)c2cnn(C)c2)cc1. The number of carbonyl (C=O) groups is 1. The lowest BCUT2D eigenvalue weighted by Gasteiger charge is -2.08. The molecule has 0 aliphatic carbocycles. The number of ether oxygens (including phenoxy) is 3. The van der Waals surface area contributed by atoms with Crippen LogP contribution in [0.4, 0.5) is 0 Å². The van der Waals surface area contributed by atoms with E-state index in [0.29, 0.717) is 24.5 Å². The molecule has 0 atom stereocenters. The van der Waals surface area contributed by atoms with Gasteiger partial charge in [0.15, 0.2) is 0 Å². The summed E-state index contributed by atoms with van der Waals surface area (Å²) in [5.41, 5.74) is 0.430. The van der Waals surface area contributed by atoms with E-state index in [0.717, 1.165) is 12.2 Å². The van der Waals surface area contributed by atoms with Gasteiger partial charge in [0.25, 0.3) is 0 Å². The molecule has 22 heavy (non-hydrogen) atoms. The molecule has 1 aromatic carbocycles. The maximum atomic E-state index is 11.7. The number of carbonyl (C=O) groups excluding carboxylic acids is 1. The molecule has 0 saturated carbocycles. The van der Waals surface area contributed by atoms with Crippen molar-refractivity contribution >= 4 is 5.97 Å². The maximum absolute atomic E-state index is 11.7. The summed E-state index contributed by atoms with van der Waals surface area (Å²) >= 11 is 0. The van der Waals surface area contributed by atoms with Gasteiger partial charge in [0, 0.05) is 13.2 Å². The van der Waals surface area contributed by atoms with Crippen LogP contribution >= 0.6 is 0 Å². The average molecular weight is 304 g/mol. The van der Waals surface area contributed by atoms with E-state index >= 15 is 0 Å². The first kappa shape index (κ1) is 15.9. The maximum Gasteiger partial charge on any atom is 0.341 e. The Bertz CT molecular complexity index is 592. The third-order valence-corrected chi connectivity index (χ3v) is 2.82. The molecule has 118 valence electrons. The molecule has 0 fully saturated rings. The number of aromatic nitrogens is 2. The zero-order chi connectivity index (χ0) is 15.8. The van der Waals surface area contributed by atoms with Crippen molar-refractivity contribution in [3.63, 3.8) is 0 Å². The second-order valence-electron chi connectivity index (χ2n) is 4.71. The molecule has 0 radical (unpaired) electrons. The van der Waals surface area contributed by atoms with Gasteiger partial charge in [0.1, 0.15) is 24.7 Å². The molecule has 0 amide bonds. The van der Waals surface area contributed by atoms with E-state index < -0.39 is 5.97 Å². The molecule has 1 heterocycles. The molecule has 2 rings (SSSR count). The number of aryl methyl sites for hydroxylation is 1. The molecule has 6 heteroatoms. The van der Waals surface area contributed by atoms with Gasteiger partial charge in [-0.25, -0.2) is 4.79 Å². The van der Waals surface area contributed by atoms with E-state index in [1.807, 2.05) is 24.3 Å². The van der Waals surface area contributed by atoms with Crippen LogP contribution in [-0.2, 0) is 11.8 Å². The molecule has 0 unspecified atom stereocenters. The smallest absolute Gasteiger partial charge is 0.341 e. The van der Waals surface area contributed by atoms with Crippen LogP contribution in [0, 0.1) is 0 Å². The lowest BCUT2D eigenvalue weighted by Crippen LogP contribution is -2.12. The predicted octanol–water partition coefficient (Wildman–Crippen LogP) is 2.44.